The fourth-order valence-corrected chi connectivity index (χ4v) is 8.83. The van der Waals surface area contributed by atoms with Crippen LogP contribution in [0.3, 0.4) is 0 Å². The van der Waals surface area contributed by atoms with Gasteiger partial charge in [-0.2, -0.15) is 0 Å². The van der Waals surface area contributed by atoms with E-state index in [1.54, 1.807) is 0 Å². The van der Waals surface area contributed by atoms with Crippen LogP contribution in [-0.4, -0.2) is 170 Å². The van der Waals surface area contributed by atoms with Gasteiger partial charge in [0.1, 0.15) is 25.3 Å². The molecular weight excluding hydrogens is 448 g/mol. The van der Waals surface area contributed by atoms with Gasteiger partial charge in [-0.25, -0.2) is 4.90 Å². The third-order valence-corrected chi connectivity index (χ3v) is 11.8. The van der Waals surface area contributed by atoms with Gasteiger partial charge in [0.25, 0.3) is 0 Å². The maximum absolute atomic E-state index is 3.66. The summed E-state index contributed by atoms with van der Waals surface area (Å²) in [4.78, 5) is 14.2. The van der Waals surface area contributed by atoms with Crippen molar-refractivity contribution in [2.24, 2.45) is 5.92 Å². The third-order valence-electron chi connectivity index (χ3n) is 11.8. The number of rotatable bonds is 7. The molecule has 7 aliphatic heterocycles. The van der Waals surface area contributed by atoms with Crippen LogP contribution in [0.5, 0.6) is 0 Å². The van der Waals surface area contributed by atoms with E-state index in [-0.39, 0.29) is 0 Å². The summed E-state index contributed by atoms with van der Waals surface area (Å²) >= 11 is 0. The summed E-state index contributed by atoms with van der Waals surface area (Å²) in [7, 11) is 2.56. The summed E-state index contributed by atoms with van der Waals surface area (Å²) in [5.41, 5.74) is 0. The second kappa shape index (κ2) is 9.70. The van der Waals surface area contributed by atoms with Crippen molar-refractivity contribution in [3.63, 3.8) is 0 Å². The van der Waals surface area contributed by atoms with Crippen LogP contribution < -0.4 is 10.6 Å². The Morgan fingerprint density at radius 1 is 0.694 bits per heavy atom. The van der Waals surface area contributed by atoms with Crippen LogP contribution in [0.15, 0.2) is 0 Å². The summed E-state index contributed by atoms with van der Waals surface area (Å²) in [5, 5.41) is 7.10. The summed E-state index contributed by atoms with van der Waals surface area (Å²) in [6, 6.07) is 4.88. The predicted molar refractivity (Wildman–Crippen MR) is 145 cm³/mol. The second-order valence-electron chi connectivity index (χ2n) is 13.9. The van der Waals surface area contributed by atoms with Crippen molar-refractivity contribution >= 4 is 0 Å². The van der Waals surface area contributed by atoms with E-state index in [1.165, 1.54) is 115 Å². The molecule has 7 aliphatic rings. The normalized spacial score (nSPS) is 43.4. The molecule has 0 aliphatic carbocycles. The molecule has 8 nitrogen and oxygen atoms in total. The van der Waals surface area contributed by atoms with E-state index in [2.05, 4.69) is 56.0 Å². The Labute approximate surface area is 219 Å². The van der Waals surface area contributed by atoms with Gasteiger partial charge in [0.05, 0.1) is 7.05 Å². The lowest BCUT2D eigenvalue weighted by Gasteiger charge is -2.61. The van der Waals surface area contributed by atoms with Gasteiger partial charge in [0.2, 0.25) is 0 Å². The molecule has 0 amide bonds. The van der Waals surface area contributed by atoms with Gasteiger partial charge >= 0.3 is 0 Å². The van der Waals surface area contributed by atoms with Crippen LogP contribution >= 0.6 is 0 Å². The van der Waals surface area contributed by atoms with Crippen molar-refractivity contribution in [2.45, 2.75) is 75.5 Å². The fourth-order valence-electron chi connectivity index (χ4n) is 8.83. The van der Waals surface area contributed by atoms with Crippen LogP contribution in [-0.2, 0) is 0 Å². The number of likely N-dealkylation sites (N-methyl/N-ethyl adjacent to an activating group) is 1. The topological polar surface area (TPSA) is 40.3 Å². The highest BCUT2D eigenvalue weighted by atomic mass is 15.6. The number of quaternary nitrogens is 1. The number of hydrogen-bond donors (Lipinski definition) is 2. The molecule has 4 atom stereocenters. The lowest BCUT2D eigenvalue weighted by molar-refractivity contribution is -0.983. The van der Waals surface area contributed by atoms with Crippen molar-refractivity contribution in [2.75, 3.05) is 98.7 Å². The number of fused-ring (bicyclic) bond motifs is 2. The number of likely N-dealkylation sites (tertiary alicyclic amines) is 4. The Bertz CT molecular complexity index is 758. The number of nitrogens with one attached hydrogen (secondary N) is 2. The number of piperazine rings is 1. The monoisotopic (exact) mass is 501 g/mol. The van der Waals surface area contributed by atoms with Crippen LogP contribution in [0.25, 0.3) is 0 Å². The third kappa shape index (κ3) is 4.28. The smallest absolute Gasteiger partial charge is 0.142 e. The van der Waals surface area contributed by atoms with Gasteiger partial charge in [0, 0.05) is 109 Å². The lowest BCUT2D eigenvalue weighted by atomic mass is 9.94. The van der Waals surface area contributed by atoms with E-state index >= 15 is 0 Å². The molecular formula is C28H53N8+. The van der Waals surface area contributed by atoms with Crippen LogP contribution in [0.2, 0.25) is 0 Å². The van der Waals surface area contributed by atoms with E-state index in [1.807, 2.05) is 0 Å². The first-order valence-electron chi connectivity index (χ1n) is 15.5. The Hall–Kier alpha value is -0.320. The quantitative estimate of drug-likeness (QED) is 0.460. The zero-order chi connectivity index (χ0) is 24.4. The van der Waals surface area contributed by atoms with Crippen molar-refractivity contribution in [1.29, 1.82) is 0 Å². The Kier molecular flexibility index (Phi) is 6.66. The molecule has 4 unspecified atom stereocenters. The first kappa shape index (κ1) is 24.7. The molecule has 0 aromatic carbocycles. The summed E-state index contributed by atoms with van der Waals surface area (Å²) < 4.78 is 1.27. The predicted octanol–water partition coefficient (Wildman–Crippen LogP) is -0.419. The molecule has 0 radical (unpaired) electrons. The molecule has 7 saturated heterocycles. The molecule has 2 N–H and O–H groups in total. The average molecular weight is 502 g/mol. The maximum atomic E-state index is 3.66. The minimum atomic E-state index is 0.680. The van der Waals surface area contributed by atoms with Gasteiger partial charge in [-0.1, -0.05) is 13.3 Å². The highest BCUT2D eigenvalue weighted by Gasteiger charge is 2.56. The summed E-state index contributed by atoms with van der Waals surface area (Å²) in [5.74, 6) is 0.838. The molecule has 7 heterocycles. The zero-order valence-electron chi connectivity index (χ0n) is 23.3. The standard InChI is InChI=1S/C28H53N8/c1-4-22-9-29-7-8-31(12-22)26-15-34(16-26)28-19-36(3,20-28)21(2)35-23-5-6-24(35)14-33(13-23)27-17-32(18-27)25-10-30-11-25/h21-30H,4-20H2,1-3H3/q+1. The first-order chi connectivity index (χ1) is 17.5. The maximum Gasteiger partial charge on any atom is 0.142 e. The zero-order valence-corrected chi connectivity index (χ0v) is 23.3. The van der Waals surface area contributed by atoms with E-state index in [9.17, 15) is 0 Å². The van der Waals surface area contributed by atoms with Gasteiger partial charge in [0.15, 0.2) is 0 Å². The van der Waals surface area contributed by atoms with E-state index in [0.29, 0.717) is 6.17 Å². The van der Waals surface area contributed by atoms with Gasteiger partial charge in [-0.3, -0.25) is 19.6 Å². The first-order valence-corrected chi connectivity index (χ1v) is 15.5. The van der Waals surface area contributed by atoms with Crippen molar-refractivity contribution in [3.8, 4) is 0 Å². The Morgan fingerprint density at radius 3 is 1.89 bits per heavy atom. The average Bonchev–Trinajstić information content (AvgIpc) is 2.92. The SMILES string of the molecule is CCC1CNCCN(C2CN(C3C[N+](C)(C(C)N4C5CCC4CN(C4CN(C6CNC6)C4)C5)C3)C2)C1. The van der Waals surface area contributed by atoms with Crippen molar-refractivity contribution in [3.05, 3.63) is 0 Å². The summed E-state index contributed by atoms with van der Waals surface area (Å²) in [6.07, 6.45) is 4.84. The Morgan fingerprint density at radius 2 is 1.28 bits per heavy atom. The van der Waals surface area contributed by atoms with E-state index < -0.39 is 0 Å². The largest absolute Gasteiger partial charge is 0.315 e. The minimum Gasteiger partial charge on any atom is -0.315 e. The molecule has 204 valence electrons. The minimum absolute atomic E-state index is 0.680. The Balaban J connectivity index is 0.883. The molecule has 0 aromatic rings. The summed E-state index contributed by atoms with van der Waals surface area (Å²) in [6.45, 7) is 22.9. The molecule has 36 heavy (non-hydrogen) atoms. The van der Waals surface area contributed by atoms with Crippen molar-refractivity contribution < 1.29 is 4.48 Å². The molecule has 7 fully saturated rings. The molecule has 7 rings (SSSR count). The molecule has 2 bridgehead atoms. The highest BCUT2D eigenvalue weighted by molar-refractivity contribution is 5.04. The lowest BCUT2D eigenvalue weighted by Crippen LogP contribution is -2.79. The van der Waals surface area contributed by atoms with Crippen molar-refractivity contribution in [1.82, 2.24) is 35.1 Å². The van der Waals surface area contributed by atoms with E-state index in [4.69, 9.17) is 0 Å². The van der Waals surface area contributed by atoms with Crippen LogP contribution in [0.1, 0.15) is 33.1 Å². The van der Waals surface area contributed by atoms with Crippen LogP contribution in [0.4, 0.5) is 0 Å². The molecule has 8 heteroatoms. The molecule has 0 spiro atoms. The van der Waals surface area contributed by atoms with Crippen LogP contribution in [0, 0.1) is 5.92 Å². The molecule has 0 saturated carbocycles. The molecule has 0 aromatic heterocycles. The van der Waals surface area contributed by atoms with Gasteiger partial charge < -0.3 is 15.1 Å². The highest BCUT2D eigenvalue weighted by Crippen LogP contribution is 2.39. The van der Waals surface area contributed by atoms with E-state index in [0.717, 1.165) is 42.2 Å². The second-order valence-corrected chi connectivity index (χ2v) is 13.9. The fraction of sp³-hybridized carbons (Fsp3) is 1.00. The number of hydrogen-bond acceptors (Lipinski definition) is 7. The van der Waals surface area contributed by atoms with Gasteiger partial charge in [-0.15, -0.1) is 0 Å². The van der Waals surface area contributed by atoms with Gasteiger partial charge in [-0.05, 0) is 25.3 Å². The number of nitrogens with zero attached hydrogens (tertiary/aromatic N) is 6.